The first-order valence-corrected chi connectivity index (χ1v) is 14.6. The number of halogens is 1. The SMILES string of the molecule is CCN1CCN(Cc2ccc(CC(=O)N3CCc4ccc(Oc5ccnc6[nH]ccc56)cc4[C@@H]3C)cc2Cl)CC1. The van der Waals surface area contributed by atoms with E-state index in [-0.39, 0.29) is 11.9 Å². The normalized spacial score (nSPS) is 18.2. The Bertz CT molecular complexity index is 1510. The minimum atomic E-state index is -0.0407. The average Bonchev–Trinajstić information content (AvgIpc) is 3.45. The fraction of sp³-hybridized carbons (Fsp3) is 0.375. The van der Waals surface area contributed by atoms with Gasteiger partial charge in [-0.1, -0.05) is 36.7 Å². The van der Waals surface area contributed by atoms with E-state index in [9.17, 15) is 4.79 Å². The number of benzene rings is 2. The first kappa shape index (κ1) is 26.8. The fourth-order valence-corrected chi connectivity index (χ4v) is 6.22. The van der Waals surface area contributed by atoms with Crippen molar-refractivity contribution in [1.82, 2.24) is 24.7 Å². The number of aromatic nitrogens is 2. The molecule has 2 aromatic carbocycles. The molecule has 7 nitrogen and oxygen atoms in total. The molecule has 4 heterocycles. The summed E-state index contributed by atoms with van der Waals surface area (Å²) < 4.78 is 6.26. The molecule has 4 aromatic rings. The second kappa shape index (κ2) is 11.6. The Labute approximate surface area is 240 Å². The number of aromatic amines is 1. The molecule has 2 aromatic heterocycles. The van der Waals surface area contributed by atoms with Gasteiger partial charge in [-0.25, -0.2) is 4.98 Å². The van der Waals surface area contributed by atoms with E-state index in [4.69, 9.17) is 16.3 Å². The lowest BCUT2D eigenvalue weighted by atomic mass is 9.92. The predicted octanol–water partition coefficient (Wildman–Crippen LogP) is 5.83. The highest BCUT2D eigenvalue weighted by atomic mass is 35.5. The third kappa shape index (κ3) is 5.59. The summed E-state index contributed by atoms with van der Waals surface area (Å²) in [7, 11) is 0. The van der Waals surface area contributed by atoms with Crippen LogP contribution in [0.4, 0.5) is 0 Å². The lowest BCUT2D eigenvalue weighted by Crippen LogP contribution is -2.45. The molecule has 1 fully saturated rings. The molecule has 2 aliphatic heterocycles. The molecular formula is C32H36ClN5O2. The van der Waals surface area contributed by atoms with Crippen molar-refractivity contribution in [1.29, 1.82) is 0 Å². The smallest absolute Gasteiger partial charge is 0.227 e. The van der Waals surface area contributed by atoms with Crippen molar-refractivity contribution < 1.29 is 9.53 Å². The van der Waals surface area contributed by atoms with E-state index in [0.29, 0.717) is 13.0 Å². The topological polar surface area (TPSA) is 64.7 Å². The molecule has 1 saturated heterocycles. The lowest BCUT2D eigenvalue weighted by molar-refractivity contribution is -0.133. The fourth-order valence-electron chi connectivity index (χ4n) is 5.96. The molecule has 0 bridgehead atoms. The maximum atomic E-state index is 13.5. The van der Waals surface area contributed by atoms with Crippen LogP contribution in [0.25, 0.3) is 11.0 Å². The van der Waals surface area contributed by atoms with Crippen LogP contribution in [-0.4, -0.2) is 69.8 Å². The summed E-state index contributed by atoms with van der Waals surface area (Å²) in [5, 5.41) is 1.68. The van der Waals surface area contributed by atoms with Crippen LogP contribution < -0.4 is 4.74 Å². The first-order chi connectivity index (χ1) is 19.5. The number of nitrogens with zero attached hydrogens (tertiary/aromatic N) is 4. The molecule has 2 aliphatic rings. The van der Waals surface area contributed by atoms with Gasteiger partial charge in [0.05, 0.1) is 17.8 Å². The Morgan fingerprint density at radius 2 is 1.88 bits per heavy atom. The van der Waals surface area contributed by atoms with Gasteiger partial charge in [0.15, 0.2) is 0 Å². The van der Waals surface area contributed by atoms with Crippen molar-refractivity contribution >= 4 is 28.5 Å². The van der Waals surface area contributed by atoms with E-state index < -0.39 is 0 Å². The maximum absolute atomic E-state index is 13.5. The summed E-state index contributed by atoms with van der Waals surface area (Å²) in [6.07, 6.45) is 4.77. The van der Waals surface area contributed by atoms with Gasteiger partial charge < -0.3 is 19.5 Å². The minimum Gasteiger partial charge on any atom is -0.457 e. The molecule has 1 atom stereocenters. The van der Waals surface area contributed by atoms with Crippen molar-refractivity contribution in [2.45, 2.75) is 39.3 Å². The predicted molar refractivity (Wildman–Crippen MR) is 159 cm³/mol. The molecule has 0 aliphatic carbocycles. The van der Waals surface area contributed by atoms with Gasteiger partial charge in [0, 0.05) is 56.7 Å². The van der Waals surface area contributed by atoms with Crippen LogP contribution in [0.1, 0.15) is 42.1 Å². The van der Waals surface area contributed by atoms with Gasteiger partial charge in [-0.15, -0.1) is 0 Å². The number of hydrogen-bond donors (Lipinski definition) is 1. The zero-order valence-corrected chi connectivity index (χ0v) is 24.0. The van der Waals surface area contributed by atoms with Gasteiger partial charge in [-0.2, -0.15) is 0 Å². The van der Waals surface area contributed by atoms with Crippen molar-refractivity contribution in [3.8, 4) is 11.5 Å². The molecule has 0 unspecified atom stereocenters. The number of fused-ring (bicyclic) bond motifs is 2. The van der Waals surface area contributed by atoms with E-state index in [1.807, 2.05) is 35.4 Å². The van der Waals surface area contributed by atoms with Crippen LogP contribution in [0, 0.1) is 0 Å². The quantitative estimate of drug-likeness (QED) is 0.309. The van der Waals surface area contributed by atoms with Crippen LogP contribution >= 0.6 is 11.6 Å². The van der Waals surface area contributed by atoms with E-state index >= 15 is 0 Å². The van der Waals surface area contributed by atoms with Gasteiger partial charge >= 0.3 is 0 Å². The van der Waals surface area contributed by atoms with Crippen molar-refractivity contribution in [3.63, 3.8) is 0 Å². The Hall–Kier alpha value is -3.39. The standard InChI is InChI=1S/C32H36ClN5O2/c1-3-36-14-16-37(17-15-36)21-25-5-4-23(18-29(25)33)19-31(39)38-13-10-24-6-7-26(20-28(24)22(38)2)40-30-9-12-35-32-27(30)8-11-34-32/h4-9,11-12,18,20,22H,3,10,13-17,19,21H2,1-2H3,(H,34,35)/t22-/m0/s1. The van der Waals surface area contributed by atoms with Crippen LogP contribution in [0.3, 0.4) is 0 Å². The van der Waals surface area contributed by atoms with Gasteiger partial charge in [0.1, 0.15) is 17.1 Å². The van der Waals surface area contributed by atoms with Crippen LogP contribution in [0.5, 0.6) is 11.5 Å². The van der Waals surface area contributed by atoms with E-state index in [0.717, 1.165) is 89.9 Å². The highest BCUT2D eigenvalue weighted by molar-refractivity contribution is 6.31. The molecule has 0 saturated carbocycles. The Balaban J connectivity index is 1.11. The minimum absolute atomic E-state index is 0.0407. The number of amides is 1. The lowest BCUT2D eigenvalue weighted by Gasteiger charge is -2.35. The summed E-state index contributed by atoms with van der Waals surface area (Å²) in [5.74, 6) is 1.63. The van der Waals surface area contributed by atoms with E-state index in [1.165, 1.54) is 5.56 Å². The summed E-state index contributed by atoms with van der Waals surface area (Å²) in [6, 6.07) is 16.1. The number of ether oxygens (including phenoxy) is 1. The molecular weight excluding hydrogens is 522 g/mol. The second-order valence-electron chi connectivity index (χ2n) is 10.8. The molecule has 6 rings (SSSR count). The van der Waals surface area contributed by atoms with E-state index in [1.54, 1.807) is 6.20 Å². The number of pyridine rings is 1. The van der Waals surface area contributed by atoms with E-state index in [2.05, 4.69) is 57.9 Å². The van der Waals surface area contributed by atoms with Gasteiger partial charge in [0.25, 0.3) is 0 Å². The van der Waals surface area contributed by atoms with Gasteiger partial charge in [-0.3, -0.25) is 9.69 Å². The molecule has 40 heavy (non-hydrogen) atoms. The number of piperazine rings is 1. The zero-order chi connectivity index (χ0) is 27.6. The Kier molecular flexibility index (Phi) is 7.78. The van der Waals surface area contributed by atoms with Gasteiger partial charge in [-0.05, 0) is 72.5 Å². The number of H-pyrrole nitrogens is 1. The van der Waals surface area contributed by atoms with Crippen LogP contribution in [0.15, 0.2) is 60.9 Å². The molecule has 0 radical (unpaired) electrons. The average molecular weight is 558 g/mol. The summed E-state index contributed by atoms with van der Waals surface area (Å²) >= 11 is 6.70. The number of nitrogens with one attached hydrogen (secondary N) is 1. The second-order valence-corrected chi connectivity index (χ2v) is 11.2. The monoisotopic (exact) mass is 557 g/mol. The molecule has 8 heteroatoms. The van der Waals surface area contributed by atoms with Crippen LogP contribution in [-0.2, 0) is 24.2 Å². The highest BCUT2D eigenvalue weighted by Crippen LogP contribution is 2.35. The van der Waals surface area contributed by atoms with Crippen molar-refractivity contribution in [2.75, 3.05) is 39.3 Å². The molecule has 208 valence electrons. The molecule has 1 N–H and O–H groups in total. The summed E-state index contributed by atoms with van der Waals surface area (Å²) in [5.41, 5.74) is 5.27. The number of likely N-dealkylation sites (N-methyl/N-ethyl adjacent to an activating group) is 1. The third-order valence-electron chi connectivity index (χ3n) is 8.40. The summed E-state index contributed by atoms with van der Waals surface area (Å²) in [6.45, 7) is 11.3. The zero-order valence-electron chi connectivity index (χ0n) is 23.2. The maximum Gasteiger partial charge on any atom is 0.227 e. The van der Waals surface area contributed by atoms with Gasteiger partial charge in [0.2, 0.25) is 5.91 Å². The largest absolute Gasteiger partial charge is 0.457 e. The Morgan fingerprint density at radius 1 is 1.05 bits per heavy atom. The van der Waals surface area contributed by atoms with Crippen LogP contribution in [0.2, 0.25) is 5.02 Å². The molecule has 1 amide bonds. The highest BCUT2D eigenvalue weighted by Gasteiger charge is 2.28. The third-order valence-corrected chi connectivity index (χ3v) is 8.76. The van der Waals surface area contributed by atoms with Crippen molar-refractivity contribution in [3.05, 3.63) is 88.2 Å². The summed E-state index contributed by atoms with van der Waals surface area (Å²) in [4.78, 5) is 27.9. The first-order valence-electron chi connectivity index (χ1n) is 14.2. The van der Waals surface area contributed by atoms with Crippen molar-refractivity contribution in [2.24, 2.45) is 0 Å². The Morgan fingerprint density at radius 3 is 2.67 bits per heavy atom. The molecule has 0 spiro atoms. The number of carbonyl (C=O) groups is 1. The number of carbonyl (C=O) groups excluding carboxylic acids is 1. The number of hydrogen-bond acceptors (Lipinski definition) is 5. The number of rotatable bonds is 7.